The van der Waals surface area contributed by atoms with Crippen LogP contribution in [0.15, 0.2) is 48.0 Å². The van der Waals surface area contributed by atoms with Crippen molar-refractivity contribution in [2.24, 2.45) is 4.99 Å². The largest absolute Gasteiger partial charge is 0.433 e. The van der Waals surface area contributed by atoms with Gasteiger partial charge in [-0.1, -0.05) is 29.8 Å². The second-order valence-corrected chi connectivity index (χ2v) is 9.06. The fourth-order valence-corrected chi connectivity index (χ4v) is 4.64. The van der Waals surface area contributed by atoms with Crippen molar-refractivity contribution < 1.29 is 27.2 Å². The normalized spacial score (nSPS) is 18.0. The summed E-state index contributed by atoms with van der Waals surface area (Å²) in [6.07, 6.45) is -3.56. The van der Waals surface area contributed by atoms with Crippen LogP contribution in [0.25, 0.3) is 0 Å². The summed E-state index contributed by atoms with van der Waals surface area (Å²) in [5.74, 6) is -1.78. The number of hydrogen-bond donors (Lipinski definition) is 3. The molecule has 0 saturated carbocycles. The maximum absolute atomic E-state index is 15.1. The molecule has 3 rings (SSSR count). The molecule has 198 valence electrons. The first-order chi connectivity index (χ1) is 17.3. The zero-order chi connectivity index (χ0) is 27.5. The first kappa shape index (κ1) is 28.3. The van der Waals surface area contributed by atoms with Crippen molar-refractivity contribution in [3.8, 4) is 0 Å². The Labute approximate surface area is 220 Å². The average molecular weight is 560 g/mol. The quantitative estimate of drug-likeness (QED) is 0.152. The van der Waals surface area contributed by atoms with E-state index < -0.39 is 41.3 Å². The standard InChI is InChI=1S/C24H23Cl2F4N5O2/c1-3-19(37)35-9-8-23(12-35,20-16(27)7-6-15(25)21(20)26)34-13-4-5-14(17(31)10-13)22(24(28,29)30)33-11-18(36)32-2/h3-7,10,34H,1,8-9,11-12,31H2,2H3,(H,32,36). The van der Waals surface area contributed by atoms with E-state index in [1.165, 1.54) is 30.1 Å². The molecule has 1 saturated heterocycles. The molecule has 1 aliphatic rings. The van der Waals surface area contributed by atoms with Crippen molar-refractivity contribution in [3.63, 3.8) is 0 Å². The van der Waals surface area contributed by atoms with E-state index in [0.717, 1.165) is 18.2 Å². The molecule has 7 nitrogen and oxygen atoms in total. The Morgan fingerprint density at radius 2 is 1.97 bits per heavy atom. The van der Waals surface area contributed by atoms with Crippen LogP contribution in [0.2, 0.25) is 10.0 Å². The Morgan fingerprint density at radius 3 is 2.57 bits per heavy atom. The Bertz CT molecular complexity index is 1270. The number of likely N-dealkylation sites (N-methyl/N-ethyl adjacent to an activating group) is 1. The number of benzene rings is 2. The Balaban J connectivity index is 2.06. The maximum Gasteiger partial charge on any atom is 0.433 e. The summed E-state index contributed by atoms with van der Waals surface area (Å²) in [4.78, 5) is 28.6. The number of nitrogen functional groups attached to an aromatic ring is 1. The van der Waals surface area contributed by atoms with Gasteiger partial charge in [-0.05, 0) is 42.8 Å². The van der Waals surface area contributed by atoms with Gasteiger partial charge in [0.2, 0.25) is 11.8 Å². The van der Waals surface area contributed by atoms with E-state index >= 15 is 4.39 Å². The first-order valence-corrected chi connectivity index (χ1v) is 11.6. The molecule has 2 aromatic rings. The van der Waals surface area contributed by atoms with Crippen LogP contribution in [0.3, 0.4) is 0 Å². The van der Waals surface area contributed by atoms with Gasteiger partial charge in [0.15, 0.2) is 0 Å². The topological polar surface area (TPSA) is 99.8 Å². The van der Waals surface area contributed by atoms with Gasteiger partial charge in [0.1, 0.15) is 18.1 Å². The number of alkyl halides is 3. The van der Waals surface area contributed by atoms with Crippen LogP contribution in [-0.2, 0) is 15.1 Å². The summed E-state index contributed by atoms with van der Waals surface area (Å²) in [5, 5.41) is 5.34. The fraction of sp³-hybridized carbons (Fsp3) is 0.292. The second kappa shape index (κ2) is 11.0. The van der Waals surface area contributed by atoms with E-state index in [1.807, 2.05) is 0 Å². The number of nitrogens with zero attached hydrogens (tertiary/aromatic N) is 2. The van der Waals surface area contributed by atoms with Crippen LogP contribution in [-0.4, -0.2) is 55.3 Å². The number of amides is 2. The lowest BCUT2D eigenvalue weighted by Crippen LogP contribution is -2.41. The minimum absolute atomic E-state index is 0.00629. The number of carbonyl (C=O) groups is 2. The third-order valence-electron chi connectivity index (χ3n) is 5.90. The SMILES string of the molecule is C=CC(=O)N1CCC(Nc2ccc(C(=NCC(=O)NC)C(F)(F)F)c(N)c2)(c2c(F)ccc(Cl)c2Cl)C1. The number of nitrogens with two attached hydrogens (primary N) is 1. The second-order valence-electron chi connectivity index (χ2n) is 8.28. The van der Waals surface area contributed by atoms with Crippen LogP contribution in [0.4, 0.5) is 28.9 Å². The van der Waals surface area contributed by atoms with Crippen molar-refractivity contribution in [2.75, 3.05) is 37.7 Å². The zero-order valence-electron chi connectivity index (χ0n) is 19.6. The molecular weight excluding hydrogens is 537 g/mol. The number of hydrogen-bond acceptors (Lipinski definition) is 5. The predicted octanol–water partition coefficient (Wildman–Crippen LogP) is 4.54. The van der Waals surface area contributed by atoms with Gasteiger partial charge >= 0.3 is 6.18 Å². The molecular formula is C24H23Cl2F4N5O2. The minimum atomic E-state index is -4.88. The van der Waals surface area contributed by atoms with Gasteiger partial charge in [-0.25, -0.2) is 4.39 Å². The van der Waals surface area contributed by atoms with Crippen molar-refractivity contribution in [2.45, 2.75) is 18.1 Å². The summed E-state index contributed by atoms with van der Waals surface area (Å²) in [7, 11) is 1.28. The lowest BCUT2D eigenvalue weighted by Gasteiger charge is -2.34. The molecule has 0 bridgehead atoms. The van der Waals surface area contributed by atoms with E-state index in [2.05, 4.69) is 22.2 Å². The Hall–Kier alpha value is -3.31. The lowest BCUT2D eigenvalue weighted by atomic mass is 9.87. The van der Waals surface area contributed by atoms with Crippen molar-refractivity contribution in [1.29, 1.82) is 0 Å². The number of halogens is 6. The number of nitrogens with one attached hydrogen (secondary N) is 2. The van der Waals surface area contributed by atoms with Gasteiger partial charge in [-0.3, -0.25) is 14.6 Å². The summed E-state index contributed by atoms with van der Waals surface area (Å²) in [5.41, 5.74) is 2.90. The molecule has 4 N–H and O–H groups in total. The number of likely N-dealkylation sites (tertiary alicyclic amines) is 1. The molecule has 0 aromatic heterocycles. The third kappa shape index (κ3) is 5.99. The van der Waals surface area contributed by atoms with Crippen LogP contribution in [0, 0.1) is 5.82 Å². The summed E-state index contributed by atoms with van der Waals surface area (Å²) >= 11 is 12.5. The summed E-state index contributed by atoms with van der Waals surface area (Å²) in [6, 6.07) is 6.07. The highest BCUT2D eigenvalue weighted by molar-refractivity contribution is 6.42. The third-order valence-corrected chi connectivity index (χ3v) is 6.70. The van der Waals surface area contributed by atoms with E-state index in [-0.39, 0.29) is 52.4 Å². The van der Waals surface area contributed by atoms with Crippen LogP contribution >= 0.6 is 23.2 Å². The number of aliphatic imine (C=N–C) groups is 1. The molecule has 2 aromatic carbocycles. The molecule has 1 aliphatic heterocycles. The van der Waals surface area contributed by atoms with Crippen LogP contribution in [0.5, 0.6) is 0 Å². The van der Waals surface area contributed by atoms with E-state index in [0.29, 0.717) is 0 Å². The number of anilines is 2. The van der Waals surface area contributed by atoms with E-state index in [9.17, 15) is 22.8 Å². The molecule has 1 unspecified atom stereocenters. The Kier molecular flexibility index (Phi) is 8.38. The van der Waals surface area contributed by atoms with Gasteiger partial charge in [0.25, 0.3) is 0 Å². The smallest absolute Gasteiger partial charge is 0.398 e. The molecule has 0 radical (unpaired) electrons. The molecule has 13 heteroatoms. The number of carbonyl (C=O) groups excluding carboxylic acids is 2. The maximum atomic E-state index is 15.1. The molecule has 0 aliphatic carbocycles. The molecule has 1 fully saturated rings. The van der Waals surface area contributed by atoms with Gasteiger partial charge < -0.3 is 21.3 Å². The van der Waals surface area contributed by atoms with Crippen molar-refractivity contribution in [1.82, 2.24) is 10.2 Å². The monoisotopic (exact) mass is 559 g/mol. The van der Waals surface area contributed by atoms with Crippen LogP contribution in [0.1, 0.15) is 17.5 Å². The molecule has 37 heavy (non-hydrogen) atoms. The van der Waals surface area contributed by atoms with Crippen LogP contribution < -0.4 is 16.4 Å². The minimum Gasteiger partial charge on any atom is -0.398 e. The highest BCUT2D eigenvalue weighted by atomic mass is 35.5. The van der Waals surface area contributed by atoms with E-state index in [1.54, 1.807) is 0 Å². The lowest BCUT2D eigenvalue weighted by molar-refractivity contribution is -0.125. The van der Waals surface area contributed by atoms with Crippen molar-refractivity contribution in [3.05, 3.63) is 70.0 Å². The van der Waals surface area contributed by atoms with E-state index in [4.69, 9.17) is 28.9 Å². The first-order valence-electron chi connectivity index (χ1n) is 10.9. The van der Waals surface area contributed by atoms with Gasteiger partial charge in [0, 0.05) is 42.6 Å². The highest BCUT2D eigenvalue weighted by Gasteiger charge is 2.45. The molecule has 1 heterocycles. The Morgan fingerprint density at radius 1 is 1.27 bits per heavy atom. The van der Waals surface area contributed by atoms with Gasteiger partial charge in [-0.2, -0.15) is 13.2 Å². The summed E-state index contributed by atoms with van der Waals surface area (Å²) < 4.78 is 56.1. The fourth-order valence-electron chi connectivity index (χ4n) is 4.15. The highest BCUT2D eigenvalue weighted by Crippen LogP contribution is 2.43. The predicted molar refractivity (Wildman–Crippen MR) is 135 cm³/mol. The number of rotatable bonds is 7. The molecule has 0 spiro atoms. The molecule has 2 amide bonds. The zero-order valence-corrected chi connectivity index (χ0v) is 21.1. The van der Waals surface area contributed by atoms with Crippen molar-refractivity contribution >= 4 is 52.1 Å². The average Bonchev–Trinajstić information content (AvgIpc) is 3.26. The van der Waals surface area contributed by atoms with Gasteiger partial charge in [0.05, 0.1) is 15.6 Å². The summed E-state index contributed by atoms with van der Waals surface area (Å²) in [6.45, 7) is 2.92. The van der Waals surface area contributed by atoms with Gasteiger partial charge in [-0.15, -0.1) is 0 Å². The molecule has 1 atom stereocenters.